The van der Waals surface area contributed by atoms with Crippen LogP contribution < -0.4 is 5.56 Å². The fourth-order valence-electron chi connectivity index (χ4n) is 6.38. The molecule has 2 saturated heterocycles. The summed E-state index contributed by atoms with van der Waals surface area (Å²) in [5.41, 5.74) is 0.484. The van der Waals surface area contributed by atoms with Gasteiger partial charge >= 0.3 is 6.09 Å². The Hall–Kier alpha value is -4.51. The highest BCUT2D eigenvalue weighted by molar-refractivity contribution is 5.87. The number of hydrogen-bond donors (Lipinski definition) is 1. The van der Waals surface area contributed by atoms with Crippen molar-refractivity contribution < 1.29 is 24.0 Å². The zero-order valence-electron chi connectivity index (χ0n) is 25.9. The van der Waals surface area contributed by atoms with E-state index < -0.39 is 16.8 Å². The molecule has 0 bridgehead atoms. The molecule has 2 amide bonds. The van der Waals surface area contributed by atoms with E-state index in [4.69, 9.17) is 9.26 Å². The summed E-state index contributed by atoms with van der Waals surface area (Å²) < 4.78 is 12.4. The third-order valence-electron chi connectivity index (χ3n) is 8.78. The topological polar surface area (TPSA) is 131 Å². The molecule has 2 atom stereocenters. The van der Waals surface area contributed by atoms with Crippen LogP contribution in [0.25, 0.3) is 22.4 Å². The van der Waals surface area contributed by atoms with Crippen molar-refractivity contribution in [3.8, 4) is 11.3 Å². The Kier molecular flexibility index (Phi) is 8.22. The lowest BCUT2D eigenvalue weighted by atomic mass is 9.79. The molecule has 0 spiro atoms. The van der Waals surface area contributed by atoms with E-state index in [9.17, 15) is 19.5 Å². The average Bonchev–Trinajstić information content (AvgIpc) is 3.47. The van der Waals surface area contributed by atoms with Gasteiger partial charge in [0.05, 0.1) is 18.5 Å². The van der Waals surface area contributed by atoms with Crippen LogP contribution in [-0.4, -0.2) is 79.0 Å². The van der Waals surface area contributed by atoms with Crippen molar-refractivity contribution in [3.05, 3.63) is 82.9 Å². The van der Waals surface area contributed by atoms with Crippen LogP contribution in [0.4, 0.5) is 4.79 Å². The van der Waals surface area contributed by atoms with E-state index in [2.05, 4.69) is 10.1 Å². The molecule has 0 saturated carbocycles. The van der Waals surface area contributed by atoms with Crippen LogP contribution in [0, 0.1) is 5.92 Å². The molecule has 4 aromatic rings. The van der Waals surface area contributed by atoms with Gasteiger partial charge in [0.25, 0.3) is 11.1 Å². The summed E-state index contributed by atoms with van der Waals surface area (Å²) in [4.78, 5) is 48.1. The summed E-state index contributed by atoms with van der Waals surface area (Å²) in [6, 6.07) is 19.2. The number of carbonyl (C=O) groups is 2. The van der Waals surface area contributed by atoms with Crippen molar-refractivity contribution >= 4 is 23.1 Å². The van der Waals surface area contributed by atoms with Gasteiger partial charge in [-0.3, -0.25) is 14.2 Å². The number of hydrogen-bond acceptors (Lipinski definition) is 8. The largest absolute Gasteiger partial charge is 0.444 e. The van der Waals surface area contributed by atoms with Gasteiger partial charge in [-0.25, -0.2) is 9.78 Å². The number of rotatable bonds is 5. The number of carbonyl (C=O) groups excluding carboxylic acids is 2. The van der Waals surface area contributed by atoms with Gasteiger partial charge in [-0.2, -0.15) is 0 Å². The predicted octanol–water partition coefficient (Wildman–Crippen LogP) is 4.45. The van der Waals surface area contributed by atoms with Crippen molar-refractivity contribution in [1.29, 1.82) is 0 Å². The number of fused-ring (bicyclic) bond motifs is 1. The first-order valence-electron chi connectivity index (χ1n) is 15.5. The molecule has 2 aromatic heterocycles. The summed E-state index contributed by atoms with van der Waals surface area (Å²) in [5, 5.41) is 15.6. The number of nitrogens with zero attached hydrogens (tertiary/aromatic N) is 5. The minimum atomic E-state index is -1.20. The Morgan fingerprint density at radius 2 is 1.67 bits per heavy atom. The summed E-state index contributed by atoms with van der Waals surface area (Å²) in [6.07, 6.45) is 2.18. The average molecular weight is 614 g/mol. The number of benzene rings is 2. The molecule has 0 radical (unpaired) electrons. The normalized spacial score (nSPS) is 20.3. The van der Waals surface area contributed by atoms with Crippen molar-refractivity contribution in [1.82, 2.24) is 24.5 Å². The Balaban J connectivity index is 1.13. The number of aromatic nitrogens is 3. The molecule has 11 nitrogen and oxygen atoms in total. The van der Waals surface area contributed by atoms with Crippen molar-refractivity contribution in [2.45, 2.75) is 63.7 Å². The van der Waals surface area contributed by atoms with Crippen LogP contribution in [0.5, 0.6) is 0 Å². The Morgan fingerprint density at radius 3 is 2.33 bits per heavy atom. The molecule has 6 rings (SSSR count). The summed E-state index contributed by atoms with van der Waals surface area (Å²) in [5.74, 6) is -0.471. The van der Waals surface area contributed by atoms with Gasteiger partial charge in [0.2, 0.25) is 5.91 Å². The molecular formula is C34H39N5O6. The van der Waals surface area contributed by atoms with Crippen LogP contribution >= 0.6 is 0 Å². The van der Waals surface area contributed by atoms with E-state index >= 15 is 0 Å². The van der Waals surface area contributed by atoms with Crippen molar-refractivity contribution in [2.75, 3.05) is 26.2 Å². The summed E-state index contributed by atoms with van der Waals surface area (Å²) in [6.45, 7) is 7.08. The second-order valence-electron chi connectivity index (χ2n) is 13.1. The van der Waals surface area contributed by atoms with Crippen LogP contribution in [0.2, 0.25) is 0 Å². The zero-order chi connectivity index (χ0) is 31.8. The van der Waals surface area contributed by atoms with E-state index in [1.807, 2.05) is 86.3 Å². The highest BCUT2D eigenvalue weighted by Crippen LogP contribution is 2.36. The van der Waals surface area contributed by atoms with Crippen molar-refractivity contribution in [3.63, 3.8) is 0 Å². The number of likely N-dealkylation sites (tertiary alicyclic amines) is 2. The van der Waals surface area contributed by atoms with E-state index in [0.717, 1.165) is 11.1 Å². The second-order valence-corrected chi connectivity index (χ2v) is 13.1. The van der Waals surface area contributed by atoms with Crippen LogP contribution in [0.3, 0.4) is 0 Å². The van der Waals surface area contributed by atoms with Crippen LogP contribution in [-0.2, 0) is 16.1 Å². The minimum Gasteiger partial charge on any atom is -0.444 e. The van der Waals surface area contributed by atoms with E-state index in [1.54, 1.807) is 4.90 Å². The Labute approximate surface area is 261 Å². The van der Waals surface area contributed by atoms with Gasteiger partial charge in [-0.1, -0.05) is 65.8 Å². The smallest absolute Gasteiger partial charge is 0.410 e. The minimum absolute atomic E-state index is 0.0186. The number of ether oxygens (including phenoxy) is 1. The molecule has 2 aliphatic rings. The number of aliphatic hydroxyl groups is 1. The molecule has 0 aliphatic carbocycles. The first-order valence-corrected chi connectivity index (χ1v) is 15.5. The van der Waals surface area contributed by atoms with Gasteiger partial charge in [0.15, 0.2) is 0 Å². The Bertz CT molecular complexity index is 1720. The SMILES string of the molecule is CC(C)(C)OC(=O)N1CC[C@@H](C(=O)N2CCC(O)(Cn3cnc4c(-c5ccccc5)noc4c3=O)CC2)[C@H](c2ccccc2)C1. The molecule has 2 aromatic carbocycles. The lowest BCUT2D eigenvalue weighted by Crippen LogP contribution is -2.53. The molecule has 11 heteroatoms. The van der Waals surface area contributed by atoms with Gasteiger partial charge < -0.3 is 24.2 Å². The monoisotopic (exact) mass is 613 g/mol. The molecular weight excluding hydrogens is 574 g/mol. The maximum atomic E-state index is 14.0. The quantitative estimate of drug-likeness (QED) is 0.350. The third-order valence-corrected chi connectivity index (χ3v) is 8.78. The maximum Gasteiger partial charge on any atom is 0.410 e. The number of piperidine rings is 2. The predicted molar refractivity (Wildman–Crippen MR) is 167 cm³/mol. The van der Waals surface area contributed by atoms with Gasteiger partial charge in [0, 0.05) is 43.6 Å². The first-order chi connectivity index (χ1) is 21.5. The molecule has 2 aliphatic heterocycles. The van der Waals surface area contributed by atoms with Crippen molar-refractivity contribution in [2.24, 2.45) is 5.92 Å². The molecule has 2 fully saturated rings. The van der Waals surface area contributed by atoms with Gasteiger partial charge in [0.1, 0.15) is 16.8 Å². The third kappa shape index (κ3) is 6.49. The first kappa shape index (κ1) is 30.5. The number of amides is 2. The van der Waals surface area contributed by atoms with Crippen LogP contribution in [0.15, 0.2) is 76.3 Å². The molecule has 236 valence electrons. The summed E-state index contributed by atoms with van der Waals surface area (Å²) in [7, 11) is 0. The van der Waals surface area contributed by atoms with Gasteiger partial charge in [-0.05, 0) is 45.6 Å². The zero-order valence-corrected chi connectivity index (χ0v) is 25.9. The molecule has 1 N–H and O–H groups in total. The second kappa shape index (κ2) is 12.1. The highest BCUT2D eigenvalue weighted by Gasteiger charge is 2.42. The highest BCUT2D eigenvalue weighted by atomic mass is 16.6. The van der Waals surface area contributed by atoms with E-state index in [-0.39, 0.29) is 36.0 Å². The summed E-state index contributed by atoms with van der Waals surface area (Å²) >= 11 is 0. The van der Waals surface area contributed by atoms with E-state index in [1.165, 1.54) is 10.9 Å². The van der Waals surface area contributed by atoms with Gasteiger partial charge in [-0.15, -0.1) is 0 Å². The fraction of sp³-hybridized carbons (Fsp3) is 0.441. The Morgan fingerprint density at radius 1 is 1.00 bits per heavy atom. The fourth-order valence-corrected chi connectivity index (χ4v) is 6.38. The lowest BCUT2D eigenvalue weighted by molar-refractivity contribution is -0.142. The molecule has 45 heavy (non-hydrogen) atoms. The standard InChI is InChI=1S/C34H39N5O6/c1-33(2,3)44-32(42)38-17-14-25(26(20-38)23-10-6-4-7-11-23)30(40)37-18-15-34(43,16-19-37)21-39-22-35-28-27(24-12-8-5-9-13-24)36-45-29(28)31(39)41/h4-13,22,25-26,43H,14-21H2,1-3H3/t25-,26+/m1/s1. The molecule has 0 unspecified atom stereocenters. The van der Waals surface area contributed by atoms with E-state index in [0.29, 0.717) is 56.7 Å². The van der Waals surface area contributed by atoms with Crippen LogP contribution in [0.1, 0.15) is 51.5 Å². The maximum absolute atomic E-state index is 14.0. The molecule has 4 heterocycles. The lowest BCUT2D eigenvalue weighted by Gasteiger charge is -2.43.